The van der Waals surface area contributed by atoms with E-state index in [1.165, 1.54) is 5.56 Å². The average molecular weight is 383 g/mol. The first-order chi connectivity index (χ1) is 13.5. The zero-order chi connectivity index (χ0) is 20.1. The average Bonchev–Trinajstić information content (AvgIpc) is 2.69. The lowest BCUT2D eigenvalue weighted by Gasteiger charge is -2.36. The lowest BCUT2D eigenvalue weighted by molar-refractivity contribution is 0.0989. The molecule has 2 aromatic rings. The normalized spacial score (nSPS) is 16.8. The van der Waals surface area contributed by atoms with Crippen LogP contribution in [0.3, 0.4) is 0 Å². The molecule has 1 saturated heterocycles. The Hall–Kier alpha value is -2.57. The molecule has 6 heteroatoms. The number of para-hydroxylation sites is 1. The fraction of sp³-hybridized carbons (Fsp3) is 0.409. The van der Waals surface area contributed by atoms with Gasteiger partial charge in [0, 0.05) is 36.1 Å². The topological polar surface area (TPSA) is 74.8 Å². The first kappa shape index (κ1) is 20.2. The van der Waals surface area contributed by atoms with Gasteiger partial charge in [0.05, 0.1) is 25.5 Å². The van der Waals surface area contributed by atoms with Crippen LogP contribution in [-0.2, 0) is 11.2 Å². The van der Waals surface area contributed by atoms with Crippen molar-refractivity contribution in [2.45, 2.75) is 32.7 Å². The number of ether oxygens (including phenoxy) is 1. The highest BCUT2D eigenvalue weighted by Crippen LogP contribution is 2.35. The van der Waals surface area contributed by atoms with Crippen LogP contribution in [0.2, 0.25) is 0 Å². The molecule has 3 N–H and O–H groups in total. The minimum absolute atomic E-state index is 0.166. The van der Waals surface area contributed by atoms with Gasteiger partial charge in [0.1, 0.15) is 11.6 Å². The standard InChI is InChI=1S/C22H30N4O2/c1-4-7-18-8-5-6-9-20(18)26(16(2)14-27)22-13-19(12-21(23)24-22)25-10-11-28-15-17(25)3/h5-6,8-9,12-13,17,27H,2,4,7,10-11,14-15H2,1,3H3,(H2,23,24). The van der Waals surface area contributed by atoms with E-state index in [0.717, 1.165) is 30.8 Å². The molecule has 2 heterocycles. The first-order valence-corrected chi connectivity index (χ1v) is 9.83. The van der Waals surface area contributed by atoms with Crippen molar-refractivity contribution in [2.24, 2.45) is 0 Å². The van der Waals surface area contributed by atoms with Crippen molar-refractivity contribution in [3.63, 3.8) is 0 Å². The number of nitrogens with zero attached hydrogens (tertiary/aromatic N) is 3. The van der Waals surface area contributed by atoms with Crippen molar-refractivity contribution in [1.82, 2.24) is 4.98 Å². The molecule has 0 spiro atoms. The molecular formula is C22H30N4O2. The summed E-state index contributed by atoms with van der Waals surface area (Å²) < 4.78 is 5.56. The highest BCUT2D eigenvalue weighted by Gasteiger charge is 2.23. The minimum Gasteiger partial charge on any atom is -0.390 e. The van der Waals surface area contributed by atoms with Gasteiger partial charge in [0.15, 0.2) is 0 Å². The van der Waals surface area contributed by atoms with E-state index in [4.69, 9.17) is 10.5 Å². The maximum Gasteiger partial charge on any atom is 0.141 e. The van der Waals surface area contributed by atoms with Gasteiger partial charge in [-0.1, -0.05) is 38.1 Å². The van der Waals surface area contributed by atoms with E-state index < -0.39 is 0 Å². The Kier molecular flexibility index (Phi) is 6.54. The van der Waals surface area contributed by atoms with Crippen LogP contribution in [0.5, 0.6) is 0 Å². The number of aliphatic hydroxyl groups excluding tert-OH is 1. The van der Waals surface area contributed by atoms with Gasteiger partial charge in [-0.15, -0.1) is 0 Å². The van der Waals surface area contributed by atoms with E-state index in [0.29, 0.717) is 30.5 Å². The summed E-state index contributed by atoms with van der Waals surface area (Å²) in [5.74, 6) is 1.10. The van der Waals surface area contributed by atoms with Crippen molar-refractivity contribution < 1.29 is 9.84 Å². The number of pyridine rings is 1. The quantitative estimate of drug-likeness (QED) is 0.764. The van der Waals surface area contributed by atoms with Crippen molar-refractivity contribution in [3.05, 3.63) is 54.2 Å². The van der Waals surface area contributed by atoms with Gasteiger partial charge in [0.25, 0.3) is 0 Å². The summed E-state index contributed by atoms with van der Waals surface area (Å²) in [7, 11) is 0. The second-order valence-corrected chi connectivity index (χ2v) is 7.16. The van der Waals surface area contributed by atoms with Crippen molar-refractivity contribution in [2.75, 3.05) is 41.9 Å². The van der Waals surface area contributed by atoms with Gasteiger partial charge in [-0.05, 0) is 25.0 Å². The Balaban J connectivity index is 2.08. The second kappa shape index (κ2) is 9.08. The SMILES string of the molecule is C=C(CO)N(c1cc(N2CCOCC2C)cc(N)n1)c1ccccc1CCC. The van der Waals surface area contributed by atoms with Crippen LogP contribution in [0.25, 0.3) is 0 Å². The summed E-state index contributed by atoms with van der Waals surface area (Å²) in [4.78, 5) is 8.77. The number of hydrogen-bond donors (Lipinski definition) is 2. The van der Waals surface area contributed by atoms with E-state index in [-0.39, 0.29) is 12.6 Å². The number of morpholine rings is 1. The predicted molar refractivity (Wildman–Crippen MR) is 115 cm³/mol. The molecule has 0 bridgehead atoms. The third kappa shape index (κ3) is 4.29. The van der Waals surface area contributed by atoms with Crippen LogP contribution in [-0.4, -0.2) is 42.5 Å². The molecule has 1 unspecified atom stereocenters. The zero-order valence-electron chi connectivity index (χ0n) is 16.8. The molecule has 28 heavy (non-hydrogen) atoms. The molecule has 1 atom stereocenters. The first-order valence-electron chi connectivity index (χ1n) is 9.83. The molecule has 1 aliphatic heterocycles. The number of nitrogens with two attached hydrogens (primary N) is 1. The van der Waals surface area contributed by atoms with Crippen LogP contribution in [0.15, 0.2) is 48.7 Å². The van der Waals surface area contributed by atoms with E-state index in [1.807, 2.05) is 35.2 Å². The second-order valence-electron chi connectivity index (χ2n) is 7.16. The lowest BCUT2D eigenvalue weighted by atomic mass is 10.1. The van der Waals surface area contributed by atoms with E-state index >= 15 is 0 Å². The summed E-state index contributed by atoms with van der Waals surface area (Å²) >= 11 is 0. The van der Waals surface area contributed by atoms with Gasteiger partial charge in [-0.2, -0.15) is 0 Å². The lowest BCUT2D eigenvalue weighted by Crippen LogP contribution is -2.43. The molecule has 0 radical (unpaired) electrons. The molecule has 150 valence electrons. The molecule has 1 fully saturated rings. The van der Waals surface area contributed by atoms with Gasteiger partial charge >= 0.3 is 0 Å². The number of aliphatic hydroxyl groups is 1. The Morgan fingerprint density at radius 3 is 2.89 bits per heavy atom. The fourth-order valence-corrected chi connectivity index (χ4v) is 3.65. The Labute approximate surface area is 167 Å². The third-order valence-corrected chi connectivity index (χ3v) is 5.00. The number of hydrogen-bond acceptors (Lipinski definition) is 6. The highest BCUT2D eigenvalue weighted by molar-refractivity contribution is 5.73. The van der Waals surface area contributed by atoms with Crippen LogP contribution in [0.1, 0.15) is 25.8 Å². The fourth-order valence-electron chi connectivity index (χ4n) is 3.65. The van der Waals surface area contributed by atoms with Crippen LogP contribution in [0, 0.1) is 0 Å². The number of anilines is 4. The molecule has 1 aromatic carbocycles. The van der Waals surface area contributed by atoms with E-state index in [9.17, 15) is 5.11 Å². The maximum absolute atomic E-state index is 9.85. The van der Waals surface area contributed by atoms with Crippen LogP contribution in [0.4, 0.5) is 23.0 Å². The van der Waals surface area contributed by atoms with Gasteiger partial charge in [-0.25, -0.2) is 4.98 Å². The van der Waals surface area contributed by atoms with Crippen LogP contribution >= 0.6 is 0 Å². The van der Waals surface area contributed by atoms with Crippen molar-refractivity contribution >= 4 is 23.0 Å². The number of aryl methyl sites for hydroxylation is 1. The van der Waals surface area contributed by atoms with Gasteiger partial charge in [-0.3, -0.25) is 4.90 Å². The smallest absolute Gasteiger partial charge is 0.141 e. The molecule has 1 aliphatic rings. The van der Waals surface area contributed by atoms with Crippen molar-refractivity contribution in [1.29, 1.82) is 0 Å². The molecule has 3 rings (SSSR count). The molecule has 1 aromatic heterocycles. The van der Waals surface area contributed by atoms with Crippen LogP contribution < -0.4 is 15.5 Å². The molecule has 0 amide bonds. The largest absolute Gasteiger partial charge is 0.390 e. The summed E-state index contributed by atoms with van der Waals surface area (Å²) in [6.45, 7) is 10.4. The molecular weight excluding hydrogens is 352 g/mol. The number of aromatic nitrogens is 1. The predicted octanol–water partition coefficient (Wildman–Crippen LogP) is 3.49. The number of nitrogen functional groups attached to an aromatic ring is 1. The molecule has 0 saturated carbocycles. The Morgan fingerprint density at radius 2 is 2.18 bits per heavy atom. The monoisotopic (exact) mass is 382 g/mol. The van der Waals surface area contributed by atoms with E-state index in [2.05, 4.69) is 36.4 Å². The number of benzene rings is 1. The third-order valence-electron chi connectivity index (χ3n) is 5.00. The minimum atomic E-state index is -0.166. The summed E-state index contributed by atoms with van der Waals surface area (Å²) in [6, 6.07) is 12.3. The van der Waals surface area contributed by atoms with E-state index in [1.54, 1.807) is 0 Å². The van der Waals surface area contributed by atoms with Gasteiger partial charge in [0.2, 0.25) is 0 Å². The highest BCUT2D eigenvalue weighted by atomic mass is 16.5. The summed E-state index contributed by atoms with van der Waals surface area (Å²) in [6.07, 6.45) is 1.96. The Morgan fingerprint density at radius 1 is 1.39 bits per heavy atom. The summed E-state index contributed by atoms with van der Waals surface area (Å²) in [5.41, 5.74) is 9.90. The van der Waals surface area contributed by atoms with Crippen molar-refractivity contribution in [3.8, 4) is 0 Å². The van der Waals surface area contributed by atoms with Gasteiger partial charge < -0.3 is 20.5 Å². The number of rotatable bonds is 7. The molecule has 0 aliphatic carbocycles. The Bertz CT molecular complexity index is 824. The maximum atomic E-state index is 9.85. The summed E-state index contributed by atoms with van der Waals surface area (Å²) in [5, 5.41) is 9.85. The zero-order valence-corrected chi connectivity index (χ0v) is 16.8. The molecule has 6 nitrogen and oxygen atoms in total.